The van der Waals surface area contributed by atoms with Crippen LogP contribution in [-0.2, 0) is 18.1 Å². The minimum atomic E-state index is -1.89. The second-order valence-electron chi connectivity index (χ2n) is 16.3. The van der Waals surface area contributed by atoms with Gasteiger partial charge in [-0.3, -0.25) is 4.79 Å². The summed E-state index contributed by atoms with van der Waals surface area (Å²) in [5.74, 6) is 1.56. The molecule has 0 aromatic rings. The van der Waals surface area contributed by atoms with E-state index >= 15 is 0 Å². The summed E-state index contributed by atoms with van der Waals surface area (Å²) in [4.78, 5) is 14.4. The molecule has 3 fully saturated rings. The molecule has 8 unspecified atom stereocenters. The number of fused-ring (bicyclic) bond motifs is 5. The highest BCUT2D eigenvalue weighted by Gasteiger charge is 2.69. The Balaban J connectivity index is 1.69. The molecule has 37 heavy (non-hydrogen) atoms. The first kappa shape index (κ1) is 29.9. The summed E-state index contributed by atoms with van der Waals surface area (Å²) in [6, 6.07) is 0. The zero-order chi connectivity index (χ0) is 27.8. The molecular formula is C30H56O4Si3. The predicted molar refractivity (Wildman–Crippen MR) is 161 cm³/mol. The molecule has 0 spiro atoms. The van der Waals surface area contributed by atoms with Gasteiger partial charge < -0.3 is 13.3 Å². The Labute approximate surface area is 231 Å². The second-order valence-corrected chi connectivity index (χ2v) is 29.7. The molecule has 4 nitrogen and oxygen atoms in total. The number of rotatable bonds is 7. The van der Waals surface area contributed by atoms with Gasteiger partial charge in [0.2, 0.25) is 0 Å². The Morgan fingerprint density at radius 1 is 0.919 bits per heavy atom. The fourth-order valence-corrected chi connectivity index (χ4v) is 13.2. The average Bonchev–Trinajstić information content (AvgIpc) is 2.97. The molecule has 7 heteroatoms. The first-order chi connectivity index (χ1) is 16.7. The summed E-state index contributed by atoms with van der Waals surface area (Å²) in [7, 11) is -5.25. The number of carbonyl (C=O) groups excluding carboxylic acids is 1. The van der Waals surface area contributed by atoms with Crippen LogP contribution in [0.1, 0.15) is 65.7 Å². The van der Waals surface area contributed by atoms with E-state index in [9.17, 15) is 4.79 Å². The lowest BCUT2D eigenvalue weighted by Gasteiger charge is -2.60. The fraction of sp³-hybridized carbons (Fsp3) is 0.900. The lowest BCUT2D eigenvalue weighted by Crippen LogP contribution is -2.64. The van der Waals surface area contributed by atoms with Gasteiger partial charge in [-0.05, 0) is 122 Å². The van der Waals surface area contributed by atoms with E-state index in [0.717, 1.165) is 38.5 Å². The largest absolute Gasteiger partial charge is 0.414 e. The standard InChI is InChI=1S/C30H56O4Si3/c1-21(32-35(4,5)6)30(34-37(10,11)12)18-16-25-24-14-13-22-19-23(33-36(7,8)9)15-17-28(22,2)27(24)26(31)20-29(25,30)3/h13,21,23-25,27H,14-20H2,1-12H3. The molecule has 0 aliphatic heterocycles. The molecule has 4 aliphatic rings. The van der Waals surface area contributed by atoms with Crippen LogP contribution >= 0.6 is 0 Å². The zero-order valence-corrected chi connectivity index (χ0v) is 29.0. The predicted octanol–water partition coefficient (Wildman–Crippen LogP) is 8.18. The first-order valence-electron chi connectivity index (χ1n) is 15.0. The van der Waals surface area contributed by atoms with E-state index in [1.54, 1.807) is 0 Å². The van der Waals surface area contributed by atoms with Crippen LogP contribution in [0.2, 0.25) is 58.9 Å². The number of ketones is 1. The number of hydrogen-bond acceptors (Lipinski definition) is 4. The molecule has 4 rings (SSSR count). The summed E-state index contributed by atoms with van der Waals surface area (Å²) < 4.78 is 20.6. The monoisotopic (exact) mass is 564 g/mol. The van der Waals surface area contributed by atoms with E-state index in [1.165, 1.54) is 5.57 Å². The average molecular weight is 565 g/mol. The van der Waals surface area contributed by atoms with Gasteiger partial charge in [0, 0.05) is 23.9 Å². The second kappa shape index (κ2) is 9.51. The van der Waals surface area contributed by atoms with Gasteiger partial charge in [-0.15, -0.1) is 0 Å². The van der Waals surface area contributed by atoms with Crippen molar-refractivity contribution in [2.24, 2.45) is 28.6 Å². The molecule has 0 aromatic heterocycles. The van der Waals surface area contributed by atoms with Crippen molar-refractivity contribution >= 4 is 30.7 Å². The van der Waals surface area contributed by atoms with Gasteiger partial charge in [-0.1, -0.05) is 25.5 Å². The molecule has 3 saturated carbocycles. The Morgan fingerprint density at radius 3 is 2.14 bits per heavy atom. The SMILES string of the molecule is CC(O[Si](C)(C)C)C1(O[Si](C)(C)C)CCC2C3CC=C4CC(O[Si](C)(C)C)CCC4(C)C3C(=O)CC21C. The van der Waals surface area contributed by atoms with Crippen molar-refractivity contribution in [2.45, 2.75) is 142 Å². The van der Waals surface area contributed by atoms with Gasteiger partial charge >= 0.3 is 0 Å². The summed E-state index contributed by atoms with van der Waals surface area (Å²) >= 11 is 0. The fourth-order valence-electron chi connectivity index (χ4n) is 9.17. The van der Waals surface area contributed by atoms with Gasteiger partial charge in [0.1, 0.15) is 5.78 Å². The van der Waals surface area contributed by atoms with Crippen LogP contribution in [0.3, 0.4) is 0 Å². The van der Waals surface area contributed by atoms with Crippen LogP contribution in [0.4, 0.5) is 0 Å². The van der Waals surface area contributed by atoms with Crippen LogP contribution in [-0.4, -0.2) is 48.5 Å². The van der Waals surface area contributed by atoms with Crippen molar-refractivity contribution in [3.05, 3.63) is 11.6 Å². The molecule has 0 amide bonds. The highest BCUT2D eigenvalue weighted by molar-refractivity contribution is 6.70. The van der Waals surface area contributed by atoms with E-state index in [4.69, 9.17) is 13.3 Å². The normalized spacial score (nSPS) is 41.5. The molecule has 0 saturated heterocycles. The Morgan fingerprint density at radius 2 is 1.57 bits per heavy atom. The molecule has 0 heterocycles. The molecule has 0 radical (unpaired) electrons. The summed E-state index contributed by atoms with van der Waals surface area (Å²) in [6.45, 7) is 27.7. The van der Waals surface area contributed by atoms with Gasteiger partial charge in [-0.25, -0.2) is 0 Å². The van der Waals surface area contributed by atoms with Crippen molar-refractivity contribution in [1.29, 1.82) is 0 Å². The van der Waals surface area contributed by atoms with E-state index < -0.39 is 25.0 Å². The Hall–Kier alpha value is -0.0594. The molecule has 0 aromatic carbocycles. The minimum absolute atomic E-state index is 0.00433. The molecule has 8 atom stereocenters. The smallest absolute Gasteiger partial charge is 0.184 e. The molecule has 212 valence electrons. The maximum atomic E-state index is 14.4. The van der Waals surface area contributed by atoms with E-state index in [2.05, 4.69) is 85.8 Å². The molecular weight excluding hydrogens is 509 g/mol. The van der Waals surface area contributed by atoms with Crippen LogP contribution in [0.15, 0.2) is 11.6 Å². The highest BCUT2D eigenvalue weighted by atomic mass is 28.4. The van der Waals surface area contributed by atoms with Gasteiger partial charge in [0.25, 0.3) is 0 Å². The summed E-state index contributed by atoms with van der Waals surface area (Å²) in [5, 5.41) is 0. The number of hydrogen-bond donors (Lipinski definition) is 0. The van der Waals surface area contributed by atoms with Gasteiger partial charge in [0.15, 0.2) is 25.0 Å². The Kier molecular flexibility index (Phi) is 7.68. The van der Waals surface area contributed by atoms with Crippen molar-refractivity contribution in [2.75, 3.05) is 0 Å². The molecule has 0 N–H and O–H groups in total. The van der Waals surface area contributed by atoms with Crippen molar-refractivity contribution in [3.63, 3.8) is 0 Å². The minimum Gasteiger partial charge on any atom is -0.414 e. The number of allylic oxidation sites excluding steroid dienone is 1. The zero-order valence-electron chi connectivity index (χ0n) is 26.0. The van der Waals surface area contributed by atoms with Crippen molar-refractivity contribution in [1.82, 2.24) is 0 Å². The topological polar surface area (TPSA) is 44.8 Å². The quantitative estimate of drug-likeness (QED) is 0.231. The summed E-state index contributed by atoms with van der Waals surface area (Å²) in [6.07, 6.45) is 9.89. The number of carbonyl (C=O) groups is 1. The molecule has 0 bridgehead atoms. The van der Waals surface area contributed by atoms with E-state index in [1.807, 2.05) is 0 Å². The van der Waals surface area contributed by atoms with Crippen LogP contribution in [0.25, 0.3) is 0 Å². The third kappa shape index (κ3) is 5.48. The summed E-state index contributed by atoms with van der Waals surface area (Å²) in [5.41, 5.74) is 0.950. The first-order valence-corrected chi connectivity index (χ1v) is 25.2. The highest BCUT2D eigenvalue weighted by Crippen LogP contribution is 2.68. The lowest BCUT2D eigenvalue weighted by molar-refractivity contribution is -0.169. The van der Waals surface area contributed by atoms with Crippen molar-refractivity contribution < 1.29 is 18.1 Å². The van der Waals surface area contributed by atoms with Crippen LogP contribution in [0.5, 0.6) is 0 Å². The van der Waals surface area contributed by atoms with Crippen LogP contribution in [0, 0.1) is 28.6 Å². The Bertz CT molecular complexity index is 929. The lowest BCUT2D eigenvalue weighted by atomic mass is 9.46. The van der Waals surface area contributed by atoms with Gasteiger partial charge in [0.05, 0.1) is 11.7 Å². The third-order valence-electron chi connectivity index (χ3n) is 10.1. The van der Waals surface area contributed by atoms with Gasteiger partial charge in [-0.2, -0.15) is 0 Å². The van der Waals surface area contributed by atoms with Crippen molar-refractivity contribution in [3.8, 4) is 0 Å². The maximum absolute atomic E-state index is 14.4. The third-order valence-corrected chi connectivity index (χ3v) is 13.2. The van der Waals surface area contributed by atoms with Crippen LogP contribution < -0.4 is 0 Å². The molecule has 4 aliphatic carbocycles. The number of Topliss-reactive ketones (excluding diaryl/α,β-unsaturated/α-hetero) is 1. The van der Waals surface area contributed by atoms with E-state index in [0.29, 0.717) is 30.1 Å². The van der Waals surface area contributed by atoms with E-state index in [-0.39, 0.29) is 28.5 Å². The maximum Gasteiger partial charge on any atom is 0.184 e.